The molecule has 0 amide bonds. The second-order valence-electron chi connectivity index (χ2n) is 6.64. The highest BCUT2D eigenvalue weighted by molar-refractivity contribution is 7.98. The molecule has 0 radical (unpaired) electrons. The minimum atomic E-state index is -0.381. The summed E-state index contributed by atoms with van der Waals surface area (Å²) in [5, 5.41) is 10.3. The lowest BCUT2D eigenvalue weighted by Crippen LogP contribution is -2.11. The average Bonchev–Trinajstić information content (AvgIpc) is 3.20. The van der Waals surface area contributed by atoms with Crippen LogP contribution in [0, 0.1) is 5.82 Å². The van der Waals surface area contributed by atoms with E-state index in [-0.39, 0.29) is 11.9 Å². The monoisotopic (exact) mass is 439 g/mol. The zero-order valence-electron chi connectivity index (χ0n) is 16.2. The molecule has 1 unspecified atom stereocenters. The highest BCUT2D eigenvalue weighted by Gasteiger charge is 2.21. The first-order chi connectivity index (χ1) is 14.6. The van der Waals surface area contributed by atoms with E-state index >= 15 is 0 Å². The van der Waals surface area contributed by atoms with Gasteiger partial charge in [0.05, 0.1) is 0 Å². The van der Waals surface area contributed by atoms with Crippen LogP contribution in [0.3, 0.4) is 0 Å². The minimum absolute atomic E-state index is 0.302. The van der Waals surface area contributed by atoms with Crippen LogP contribution in [0.5, 0.6) is 5.75 Å². The van der Waals surface area contributed by atoms with Crippen molar-refractivity contribution in [2.75, 3.05) is 0 Å². The summed E-state index contributed by atoms with van der Waals surface area (Å²) in [7, 11) is 0. The third-order valence-electron chi connectivity index (χ3n) is 4.44. The number of thioether (sulfide) groups is 1. The first kappa shape index (κ1) is 20.4. The minimum Gasteiger partial charge on any atom is -0.483 e. The third kappa shape index (κ3) is 4.83. The number of halogens is 2. The fourth-order valence-corrected chi connectivity index (χ4v) is 4.00. The van der Waals surface area contributed by atoms with E-state index in [0.717, 1.165) is 22.2 Å². The van der Waals surface area contributed by atoms with Gasteiger partial charge in [0.1, 0.15) is 11.6 Å². The zero-order chi connectivity index (χ0) is 20.9. The van der Waals surface area contributed by atoms with Crippen LogP contribution in [-0.2, 0) is 5.75 Å². The van der Waals surface area contributed by atoms with E-state index in [2.05, 4.69) is 10.2 Å². The lowest BCUT2D eigenvalue weighted by atomic mass is 10.2. The molecular weight excluding hydrogens is 421 g/mol. The summed E-state index contributed by atoms with van der Waals surface area (Å²) in [5.74, 6) is 1.67. The van der Waals surface area contributed by atoms with Crippen molar-refractivity contribution in [3.8, 4) is 11.4 Å². The maximum atomic E-state index is 13.2. The van der Waals surface area contributed by atoms with Gasteiger partial charge in [0.15, 0.2) is 17.1 Å². The summed E-state index contributed by atoms with van der Waals surface area (Å²) in [5.41, 5.74) is 2.09. The predicted molar refractivity (Wildman–Crippen MR) is 118 cm³/mol. The van der Waals surface area contributed by atoms with Gasteiger partial charge in [-0.25, -0.2) is 4.39 Å². The Labute approximate surface area is 183 Å². The molecule has 30 heavy (non-hydrogen) atoms. The van der Waals surface area contributed by atoms with Crippen LogP contribution in [0.4, 0.5) is 4.39 Å². The lowest BCUT2D eigenvalue weighted by molar-refractivity contribution is 0.213. The van der Waals surface area contributed by atoms with E-state index in [1.807, 2.05) is 66.1 Å². The Hall–Kier alpha value is -2.83. The molecule has 0 aliphatic carbocycles. The fourth-order valence-electron chi connectivity index (χ4n) is 2.96. The van der Waals surface area contributed by atoms with Gasteiger partial charge in [0, 0.05) is 16.5 Å². The van der Waals surface area contributed by atoms with Crippen LogP contribution >= 0.6 is 23.4 Å². The van der Waals surface area contributed by atoms with Crippen molar-refractivity contribution in [3.63, 3.8) is 0 Å². The number of para-hydroxylation sites is 1. The first-order valence-electron chi connectivity index (χ1n) is 9.40. The number of aromatic nitrogens is 3. The Bertz CT molecular complexity index is 1100. The van der Waals surface area contributed by atoms with E-state index in [9.17, 15) is 4.39 Å². The van der Waals surface area contributed by atoms with E-state index in [0.29, 0.717) is 16.6 Å². The molecule has 0 aliphatic rings. The summed E-state index contributed by atoms with van der Waals surface area (Å²) in [6.07, 6.45) is -0.381. The lowest BCUT2D eigenvalue weighted by Gasteiger charge is -2.16. The van der Waals surface area contributed by atoms with Crippen molar-refractivity contribution < 1.29 is 9.13 Å². The Balaban J connectivity index is 1.61. The Morgan fingerprint density at radius 1 is 0.967 bits per heavy atom. The summed E-state index contributed by atoms with van der Waals surface area (Å²) in [6.45, 7) is 1.90. The van der Waals surface area contributed by atoms with Crippen molar-refractivity contribution >= 4 is 23.4 Å². The SMILES string of the molecule is CC(Oc1ccc(F)cc1)c1nnc(SCc2ccc(Cl)cc2)n1-c1ccccc1. The van der Waals surface area contributed by atoms with Crippen molar-refractivity contribution in [2.24, 2.45) is 0 Å². The van der Waals surface area contributed by atoms with Crippen LogP contribution in [0.15, 0.2) is 84.0 Å². The zero-order valence-corrected chi connectivity index (χ0v) is 17.8. The molecule has 3 aromatic carbocycles. The summed E-state index contributed by atoms with van der Waals surface area (Å²) in [6, 6.07) is 23.6. The average molecular weight is 440 g/mol. The van der Waals surface area contributed by atoms with Gasteiger partial charge in [0.2, 0.25) is 0 Å². The molecule has 0 bridgehead atoms. The molecule has 0 fully saturated rings. The molecule has 7 heteroatoms. The number of benzene rings is 3. The van der Waals surface area contributed by atoms with Gasteiger partial charge in [-0.3, -0.25) is 4.57 Å². The quantitative estimate of drug-likeness (QED) is 0.308. The van der Waals surface area contributed by atoms with E-state index in [4.69, 9.17) is 16.3 Å². The molecule has 0 N–H and O–H groups in total. The third-order valence-corrected chi connectivity index (χ3v) is 5.70. The van der Waals surface area contributed by atoms with Crippen molar-refractivity contribution in [3.05, 3.63) is 101 Å². The smallest absolute Gasteiger partial charge is 0.196 e. The van der Waals surface area contributed by atoms with Gasteiger partial charge >= 0.3 is 0 Å². The second-order valence-corrected chi connectivity index (χ2v) is 8.02. The van der Waals surface area contributed by atoms with Crippen LogP contribution < -0.4 is 4.74 Å². The van der Waals surface area contributed by atoms with Gasteiger partial charge in [-0.05, 0) is 61.0 Å². The molecule has 4 aromatic rings. The molecule has 1 atom stereocenters. The van der Waals surface area contributed by atoms with E-state index in [1.54, 1.807) is 23.9 Å². The summed E-state index contributed by atoms with van der Waals surface area (Å²) < 4.78 is 21.2. The van der Waals surface area contributed by atoms with E-state index < -0.39 is 0 Å². The first-order valence-corrected chi connectivity index (χ1v) is 10.8. The maximum Gasteiger partial charge on any atom is 0.196 e. The van der Waals surface area contributed by atoms with Gasteiger partial charge in [0.25, 0.3) is 0 Å². The number of rotatable bonds is 7. The normalized spacial score (nSPS) is 12.0. The van der Waals surface area contributed by atoms with Gasteiger partial charge < -0.3 is 4.74 Å². The Kier molecular flexibility index (Phi) is 6.35. The van der Waals surface area contributed by atoms with Gasteiger partial charge in [-0.2, -0.15) is 0 Å². The Morgan fingerprint density at radius 3 is 2.37 bits per heavy atom. The second kappa shape index (κ2) is 9.32. The number of ether oxygens (including phenoxy) is 1. The molecule has 4 rings (SSSR count). The van der Waals surface area contributed by atoms with Crippen LogP contribution in [0.2, 0.25) is 5.02 Å². The Morgan fingerprint density at radius 2 is 1.67 bits per heavy atom. The van der Waals surface area contributed by atoms with Gasteiger partial charge in [-0.1, -0.05) is 53.7 Å². The molecular formula is C23H19ClFN3OS. The molecule has 1 aromatic heterocycles. The standard InChI is InChI=1S/C23H19ClFN3OS/c1-16(29-21-13-11-19(25)12-14-21)22-26-27-23(28(22)20-5-3-2-4-6-20)30-15-17-7-9-18(24)10-8-17/h2-14,16H,15H2,1H3. The largest absolute Gasteiger partial charge is 0.483 e. The van der Waals surface area contributed by atoms with Crippen LogP contribution in [0.1, 0.15) is 24.4 Å². The molecule has 1 heterocycles. The maximum absolute atomic E-state index is 13.2. The van der Waals surface area contributed by atoms with Crippen LogP contribution in [-0.4, -0.2) is 14.8 Å². The molecule has 0 aliphatic heterocycles. The van der Waals surface area contributed by atoms with Gasteiger partial charge in [-0.15, -0.1) is 10.2 Å². The van der Waals surface area contributed by atoms with Crippen molar-refractivity contribution in [2.45, 2.75) is 23.9 Å². The summed E-state index contributed by atoms with van der Waals surface area (Å²) in [4.78, 5) is 0. The van der Waals surface area contributed by atoms with Crippen LogP contribution in [0.25, 0.3) is 5.69 Å². The molecule has 0 spiro atoms. The number of hydrogen-bond donors (Lipinski definition) is 0. The van der Waals surface area contributed by atoms with E-state index in [1.165, 1.54) is 12.1 Å². The summed E-state index contributed by atoms with van der Waals surface area (Å²) >= 11 is 7.57. The van der Waals surface area contributed by atoms with Crippen molar-refractivity contribution in [1.82, 2.24) is 14.8 Å². The molecule has 0 saturated heterocycles. The highest BCUT2D eigenvalue weighted by Crippen LogP contribution is 2.29. The molecule has 152 valence electrons. The fraction of sp³-hybridized carbons (Fsp3) is 0.130. The molecule has 0 saturated carbocycles. The number of hydrogen-bond acceptors (Lipinski definition) is 4. The van der Waals surface area contributed by atoms with Crippen molar-refractivity contribution in [1.29, 1.82) is 0 Å². The highest BCUT2D eigenvalue weighted by atomic mass is 35.5. The number of nitrogens with zero attached hydrogens (tertiary/aromatic N) is 3. The predicted octanol–water partition coefficient (Wildman–Crippen LogP) is 6.49. The molecule has 4 nitrogen and oxygen atoms in total. The topological polar surface area (TPSA) is 39.9 Å².